The number of aliphatic hydroxyl groups excluding tert-OH is 3. The molecular weight excluding hydrogens is 682 g/mol. The Kier molecular flexibility index (Phi) is 16.3. The number of hydrogen-bond donors (Lipinski definition) is 5. The highest BCUT2D eigenvalue weighted by atomic mass is 16.7. The first kappa shape index (κ1) is 46.8. The molecule has 0 aromatic heterocycles. The van der Waals surface area contributed by atoms with Gasteiger partial charge in [0.05, 0.1) is 47.6 Å². The van der Waals surface area contributed by atoms with Gasteiger partial charge >= 0.3 is 5.97 Å². The highest BCUT2D eigenvalue weighted by Crippen LogP contribution is 2.40. The molecule has 3 rings (SSSR count). The van der Waals surface area contributed by atoms with Gasteiger partial charge in [-0.1, -0.05) is 27.7 Å². The molecule has 15 heteroatoms. The Morgan fingerprint density at radius 3 is 2.02 bits per heavy atom. The average Bonchev–Trinajstić information content (AvgIpc) is 3.05. The Balaban J connectivity index is 0.00000936. The molecule has 3 aliphatic heterocycles. The summed E-state index contributed by atoms with van der Waals surface area (Å²) < 4.78 is 37.1. The van der Waals surface area contributed by atoms with Crippen LogP contribution in [-0.2, 0) is 38.0 Å². The van der Waals surface area contributed by atoms with Crippen molar-refractivity contribution < 1.29 is 69.0 Å². The number of likely N-dealkylation sites (N-methyl/N-ethyl adjacent to an activating group) is 1. The summed E-state index contributed by atoms with van der Waals surface area (Å²) in [4.78, 5) is 29.8. The van der Waals surface area contributed by atoms with E-state index in [-0.39, 0.29) is 36.9 Å². The lowest BCUT2D eigenvalue weighted by Crippen LogP contribution is -2.61. The molecule has 0 spiro atoms. The minimum absolute atomic E-state index is 0. The van der Waals surface area contributed by atoms with Crippen molar-refractivity contribution in [3.63, 3.8) is 0 Å². The van der Waals surface area contributed by atoms with Crippen LogP contribution >= 0.6 is 0 Å². The smallest absolute Gasteiger partial charge is 0.311 e. The number of rotatable bonds is 7. The second-order valence-corrected chi connectivity index (χ2v) is 16.5. The number of aliphatic hydroxyl groups is 5. The average molecular weight is 752 g/mol. The lowest BCUT2D eigenvalue weighted by Gasteiger charge is -2.49. The fourth-order valence-electron chi connectivity index (χ4n) is 8.41. The van der Waals surface area contributed by atoms with Crippen LogP contribution in [0, 0.1) is 23.7 Å². The standard InChI is InChI=1S/C37H67NO13.H2O/c1-14-25-37(10,45)30(41)20(4)27(39)18(2)16-35(8,44)32(51-34-28(40)24(38(11)12)15-19(3)47-34)21(5)29(22(6)33(43)49-25)50-26-17-36(9,46-13)31(42)23(7)48-26;/h18-26,28-32,34,40-42,44-45H,14-17H2,1-13H3;1H2/t18-,19-,20+,21?,22-,23-,24+,25-,26-,28-,29+,30-,31-,32-,34+,35-,36+,37-;/m0./s1. The first-order valence-electron chi connectivity index (χ1n) is 18.5. The van der Waals surface area contributed by atoms with E-state index in [0.29, 0.717) is 6.42 Å². The van der Waals surface area contributed by atoms with E-state index in [1.54, 1.807) is 41.5 Å². The molecule has 0 bridgehead atoms. The Morgan fingerprint density at radius 2 is 1.48 bits per heavy atom. The Bertz CT molecular complexity index is 1170. The summed E-state index contributed by atoms with van der Waals surface area (Å²) in [6, 6.07) is -0.324. The SMILES string of the molecule is CC[C@@H]1OC(=O)[C@@H](C)[C@H](O[C@H]2C[C@@](C)(OC)[C@@H](O)[C@H](C)O2)C(C)[C@H](O[C@H]2O[C@@H](C)C[C@@H](N(C)C)[C@@H]2O)[C@@](C)(O)C[C@H](C)C(=O)[C@@H](C)[C@H](O)[C@@]1(C)O.O. The van der Waals surface area contributed by atoms with Crippen molar-refractivity contribution in [1.29, 1.82) is 0 Å². The van der Waals surface area contributed by atoms with E-state index in [4.69, 9.17) is 28.4 Å². The molecule has 3 saturated heterocycles. The lowest BCUT2D eigenvalue weighted by molar-refractivity contribution is -0.318. The van der Waals surface area contributed by atoms with Gasteiger partial charge in [0.2, 0.25) is 0 Å². The molecule has 15 nitrogen and oxygen atoms in total. The maximum Gasteiger partial charge on any atom is 0.311 e. The van der Waals surface area contributed by atoms with Crippen molar-refractivity contribution in [2.24, 2.45) is 23.7 Å². The van der Waals surface area contributed by atoms with Crippen LogP contribution in [0.5, 0.6) is 0 Å². The molecule has 52 heavy (non-hydrogen) atoms. The minimum Gasteiger partial charge on any atom is -0.459 e. The summed E-state index contributed by atoms with van der Waals surface area (Å²) >= 11 is 0. The number of hydrogen-bond acceptors (Lipinski definition) is 14. The molecule has 7 N–H and O–H groups in total. The fraction of sp³-hybridized carbons (Fsp3) is 0.946. The van der Waals surface area contributed by atoms with Crippen LogP contribution < -0.4 is 0 Å². The number of nitrogens with zero attached hydrogens (tertiary/aromatic N) is 1. The second-order valence-electron chi connectivity index (χ2n) is 16.5. The number of methoxy groups -OCH3 is 1. The number of Topliss-reactive ketones (excluding diaryl/α,β-unsaturated/α-hetero) is 1. The van der Waals surface area contributed by atoms with Crippen LogP contribution in [0.3, 0.4) is 0 Å². The van der Waals surface area contributed by atoms with E-state index in [1.807, 2.05) is 25.9 Å². The van der Waals surface area contributed by atoms with E-state index in [9.17, 15) is 35.1 Å². The van der Waals surface area contributed by atoms with Crippen LogP contribution in [0.15, 0.2) is 0 Å². The van der Waals surface area contributed by atoms with E-state index in [0.717, 1.165) is 0 Å². The second kappa shape index (κ2) is 18.1. The minimum atomic E-state index is -1.99. The first-order chi connectivity index (χ1) is 23.4. The fourth-order valence-corrected chi connectivity index (χ4v) is 8.41. The van der Waals surface area contributed by atoms with Gasteiger partial charge in [0.15, 0.2) is 12.6 Å². The van der Waals surface area contributed by atoms with Crippen LogP contribution in [0.1, 0.15) is 94.9 Å². The van der Waals surface area contributed by atoms with Gasteiger partial charge in [-0.15, -0.1) is 0 Å². The summed E-state index contributed by atoms with van der Waals surface area (Å²) in [6.45, 7) is 16.3. The van der Waals surface area contributed by atoms with Gasteiger partial charge < -0.3 is 64.3 Å². The third kappa shape index (κ3) is 9.90. The zero-order chi connectivity index (χ0) is 39.0. The number of carbonyl (C=O) groups is 2. The van der Waals surface area contributed by atoms with Gasteiger partial charge in [0, 0.05) is 37.3 Å². The maximum absolute atomic E-state index is 14.1. The number of cyclic esters (lactones) is 1. The topological polar surface area (TPSA) is 225 Å². The summed E-state index contributed by atoms with van der Waals surface area (Å²) in [7, 11) is 5.18. The zero-order valence-corrected chi connectivity index (χ0v) is 33.4. The number of esters is 1. The highest BCUT2D eigenvalue weighted by molar-refractivity contribution is 5.83. The molecular formula is C37H69NO14. The van der Waals surface area contributed by atoms with Gasteiger partial charge in [-0.05, 0) is 74.9 Å². The van der Waals surface area contributed by atoms with Gasteiger partial charge in [-0.2, -0.15) is 0 Å². The van der Waals surface area contributed by atoms with Crippen molar-refractivity contribution in [3.8, 4) is 0 Å². The molecule has 0 radical (unpaired) electrons. The molecule has 3 aliphatic rings. The Hall–Kier alpha value is -1.34. The van der Waals surface area contributed by atoms with Crippen molar-refractivity contribution in [3.05, 3.63) is 0 Å². The van der Waals surface area contributed by atoms with Gasteiger partial charge in [0.1, 0.15) is 29.7 Å². The van der Waals surface area contributed by atoms with Crippen LogP contribution in [0.4, 0.5) is 0 Å². The Morgan fingerprint density at radius 1 is 0.885 bits per heavy atom. The largest absolute Gasteiger partial charge is 0.459 e. The van der Waals surface area contributed by atoms with Crippen LogP contribution in [0.2, 0.25) is 0 Å². The summed E-state index contributed by atoms with van der Waals surface area (Å²) in [5.74, 6) is -4.98. The normalized spacial score (nSPS) is 48.8. The Labute approximate surface area is 309 Å². The predicted molar refractivity (Wildman–Crippen MR) is 190 cm³/mol. The van der Waals surface area contributed by atoms with Crippen molar-refractivity contribution >= 4 is 11.8 Å². The third-order valence-electron chi connectivity index (χ3n) is 11.8. The van der Waals surface area contributed by atoms with E-state index in [1.165, 1.54) is 27.9 Å². The van der Waals surface area contributed by atoms with Crippen molar-refractivity contribution in [2.75, 3.05) is 21.2 Å². The molecule has 0 saturated carbocycles. The van der Waals surface area contributed by atoms with Crippen molar-refractivity contribution in [1.82, 2.24) is 4.90 Å². The van der Waals surface area contributed by atoms with Crippen LogP contribution in [-0.4, -0.2) is 153 Å². The number of ketones is 1. The van der Waals surface area contributed by atoms with Crippen molar-refractivity contribution in [2.45, 2.75) is 179 Å². The third-order valence-corrected chi connectivity index (χ3v) is 11.8. The molecule has 0 amide bonds. The molecule has 0 aromatic carbocycles. The lowest BCUT2D eigenvalue weighted by atomic mass is 9.74. The highest BCUT2D eigenvalue weighted by Gasteiger charge is 2.53. The van der Waals surface area contributed by atoms with E-state index in [2.05, 4.69) is 0 Å². The van der Waals surface area contributed by atoms with Gasteiger partial charge in [0.25, 0.3) is 0 Å². The molecule has 1 unspecified atom stereocenters. The number of ether oxygens (including phenoxy) is 6. The number of carbonyl (C=O) groups excluding carboxylic acids is 2. The van der Waals surface area contributed by atoms with Crippen LogP contribution in [0.25, 0.3) is 0 Å². The van der Waals surface area contributed by atoms with Gasteiger partial charge in [-0.25, -0.2) is 0 Å². The molecule has 0 aromatic rings. The predicted octanol–water partition coefficient (Wildman–Crippen LogP) is 0.961. The molecule has 0 aliphatic carbocycles. The molecule has 306 valence electrons. The summed E-state index contributed by atoms with van der Waals surface area (Å²) in [6.07, 6.45) is -9.71. The first-order valence-corrected chi connectivity index (χ1v) is 18.5. The summed E-state index contributed by atoms with van der Waals surface area (Å²) in [5, 5.41) is 57.6. The maximum atomic E-state index is 14.1. The monoisotopic (exact) mass is 751 g/mol. The van der Waals surface area contributed by atoms with E-state index < -0.39 is 108 Å². The molecule has 18 atom stereocenters. The van der Waals surface area contributed by atoms with E-state index >= 15 is 0 Å². The van der Waals surface area contributed by atoms with Gasteiger partial charge in [-0.3, -0.25) is 9.59 Å². The molecule has 3 fully saturated rings. The quantitative estimate of drug-likeness (QED) is 0.229. The summed E-state index contributed by atoms with van der Waals surface area (Å²) in [5.41, 5.74) is -4.84. The zero-order valence-electron chi connectivity index (χ0n) is 33.4. The molecule has 3 heterocycles.